The van der Waals surface area contributed by atoms with E-state index in [0.717, 1.165) is 34.3 Å². The van der Waals surface area contributed by atoms with Crippen LogP contribution in [0.4, 0.5) is 0 Å². The highest BCUT2D eigenvalue weighted by Crippen LogP contribution is 2.26. The smallest absolute Gasteiger partial charge is 0.316 e. The van der Waals surface area contributed by atoms with E-state index < -0.39 is 0 Å². The molecule has 1 aliphatic rings. The predicted molar refractivity (Wildman–Crippen MR) is 94.9 cm³/mol. The molecular formula is C19H23NO2S. The Morgan fingerprint density at radius 3 is 2.78 bits per heavy atom. The second-order valence-corrected chi connectivity index (χ2v) is 7.31. The first-order chi connectivity index (χ1) is 11.1. The van der Waals surface area contributed by atoms with Crippen molar-refractivity contribution in [3.05, 3.63) is 35.4 Å². The Balaban J connectivity index is 1.63. The Morgan fingerprint density at radius 2 is 2.00 bits per heavy atom. The van der Waals surface area contributed by atoms with Crippen LogP contribution in [-0.4, -0.2) is 22.8 Å². The van der Waals surface area contributed by atoms with Gasteiger partial charge in [0.15, 0.2) is 0 Å². The molecule has 1 heterocycles. The zero-order valence-electron chi connectivity index (χ0n) is 13.8. The van der Waals surface area contributed by atoms with Gasteiger partial charge in [0.1, 0.15) is 11.1 Å². The zero-order chi connectivity index (χ0) is 16.2. The van der Waals surface area contributed by atoms with E-state index >= 15 is 0 Å². The molecule has 1 fully saturated rings. The van der Waals surface area contributed by atoms with E-state index in [-0.39, 0.29) is 12.1 Å². The van der Waals surface area contributed by atoms with Gasteiger partial charge in [-0.05, 0) is 63.3 Å². The van der Waals surface area contributed by atoms with Crippen molar-refractivity contribution in [2.75, 3.05) is 5.75 Å². The van der Waals surface area contributed by atoms with E-state index in [1.54, 1.807) is 0 Å². The molecule has 1 saturated carbocycles. The molecule has 0 saturated heterocycles. The third-order valence-corrected chi connectivity index (χ3v) is 5.36. The summed E-state index contributed by atoms with van der Waals surface area (Å²) in [6, 6.07) is 8.39. The van der Waals surface area contributed by atoms with Crippen LogP contribution in [-0.2, 0) is 9.53 Å². The Morgan fingerprint density at radius 1 is 1.22 bits per heavy atom. The van der Waals surface area contributed by atoms with Crippen LogP contribution in [0.1, 0.15) is 43.2 Å². The molecule has 0 atom stereocenters. The van der Waals surface area contributed by atoms with Gasteiger partial charge in [0.25, 0.3) is 0 Å². The van der Waals surface area contributed by atoms with Gasteiger partial charge >= 0.3 is 5.97 Å². The number of fused-ring (bicyclic) bond motifs is 1. The van der Waals surface area contributed by atoms with Crippen molar-refractivity contribution < 1.29 is 9.53 Å². The van der Waals surface area contributed by atoms with Gasteiger partial charge in [-0.1, -0.05) is 29.8 Å². The largest absolute Gasteiger partial charge is 0.462 e. The highest BCUT2D eigenvalue weighted by atomic mass is 32.2. The van der Waals surface area contributed by atoms with Crippen LogP contribution < -0.4 is 0 Å². The predicted octanol–water partition coefficient (Wildman–Crippen LogP) is 4.82. The fourth-order valence-corrected chi connectivity index (χ4v) is 3.83. The van der Waals surface area contributed by atoms with Gasteiger partial charge in [-0.3, -0.25) is 4.79 Å². The van der Waals surface area contributed by atoms with Gasteiger partial charge < -0.3 is 4.74 Å². The minimum atomic E-state index is -0.118. The maximum atomic E-state index is 12.0. The normalized spacial score (nSPS) is 15.7. The molecule has 0 spiro atoms. The van der Waals surface area contributed by atoms with E-state index in [9.17, 15) is 4.79 Å². The van der Waals surface area contributed by atoms with Gasteiger partial charge in [-0.25, -0.2) is 4.98 Å². The average Bonchev–Trinajstić information content (AvgIpc) is 2.54. The number of rotatable bonds is 4. The van der Waals surface area contributed by atoms with Crippen LogP contribution in [0.3, 0.4) is 0 Å². The molecule has 1 aliphatic carbocycles. The van der Waals surface area contributed by atoms with Crippen molar-refractivity contribution in [2.45, 2.75) is 57.1 Å². The molecule has 0 bridgehead atoms. The standard InChI is InChI=1S/C19H23NO2S/c1-13-8-9-17-15(10-13)11-14(2)19(20-17)23-12-18(21)22-16-6-4-3-5-7-16/h8-11,16H,3-7,12H2,1-2H3. The van der Waals surface area contributed by atoms with Crippen molar-refractivity contribution in [3.63, 3.8) is 0 Å². The maximum absolute atomic E-state index is 12.0. The highest BCUT2D eigenvalue weighted by molar-refractivity contribution is 7.99. The Bertz CT molecular complexity index is 708. The van der Waals surface area contributed by atoms with E-state index in [4.69, 9.17) is 4.74 Å². The lowest BCUT2D eigenvalue weighted by molar-refractivity contribution is -0.147. The number of aromatic nitrogens is 1. The third-order valence-electron chi connectivity index (χ3n) is 4.29. The van der Waals surface area contributed by atoms with E-state index in [0.29, 0.717) is 5.75 Å². The molecule has 0 unspecified atom stereocenters. The number of hydrogen-bond acceptors (Lipinski definition) is 4. The van der Waals surface area contributed by atoms with Crippen LogP contribution in [0.2, 0.25) is 0 Å². The number of carbonyl (C=O) groups excluding carboxylic acids is 1. The minimum Gasteiger partial charge on any atom is -0.462 e. The SMILES string of the molecule is Cc1ccc2nc(SCC(=O)OC3CCCCC3)c(C)cc2c1. The minimum absolute atomic E-state index is 0.118. The van der Waals surface area contributed by atoms with Crippen LogP contribution >= 0.6 is 11.8 Å². The molecule has 0 radical (unpaired) electrons. The molecule has 1 aromatic heterocycles. The monoisotopic (exact) mass is 329 g/mol. The lowest BCUT2D eigenvalue weighted by Gasteiger charge is -2.21. The number of pyridine rings is 1. The van der Waals surface area contributed by atoms with Crippen LogP contribution in [0.5, 0.6) is 0 Å². The number of carbonyl (C=O) groups is 1. The Kier molecular flexibility index (Phi) is 5.21. The molecule has 23 heavy (non-hydrogen) atoms. The summed E-state index contributed by atoms with van der Waals surface area (Å²) >= 11 is 1.48. The lowest BCUT2D eigenvalue weighted by atomic mass is 9.98. The summed E-state index contributed by atoms with van der Waals surface area (Å²) in [6.45, 7) is 4.13. The third kappa shape index (κ3) is 4.25. The number of esters is 1. The van der Waals surface area contributed by atoms with Gasteiger partial charge in [0, 0.05) is 5.39 Å². The van der Waals surface area contributed by atoms with Crippen molar-refractivity contribution in [3.8, 4) is 0 Å². The Hall–Kier alpha value is -1.55. The summed E-state index contributed by atoms with van der Waals surface area (Å²) in [4.78, 5) is 16.7. The second kappa shape index (κ2) is 7.35. The molecule has 4 heteroatoms. The molecule has 2 aromatic rings. The van der Waals surface area contributed by atoms with Gasteiger partial charge in [-0.2, -0.15) is 0 Å². The van der Waals surface area contributed by atoms with Crippen molar-refractivity contribution >= 4 is 28.6 Å². The molecule has 3 rings (SSSR count). The molecular weight excluding hydrogens is 306 g/mol. The van der Waals surface area contributed by atoms with Crippen LogP contribution in [0, 0.1) is 13.8 Å². The van der Waals surface area contributed by atoms with Crippen LogP contribution in [0.25, 0.3) is 10.9 Å². The first-order valence-corrected chi connectivity index (χ1v) is 9.30. The average molecular weight is 329 g/mol. The number of thioether (sulfide) groups is 1. The van der Waals surface area contributed by atoms with Crippen molar-refractivity contribution in [1.29, 1.82) is 0 Å². The summed E-state index contributed by atoms with van der Waals surface area (Å²) in [5.41, 5.74) is 3.32. The number of hydrogen-bond donors (Lipinski definition) is 0. The number of benzene rings is 1. The zero-order valence-corrected chi connectivity index (χ0v) is 14.6. The van der Waals surface area contributed by atoms with Crippen LogP contribution in [0.15, 0.2) is 29.3 Å². The Labute approximate surface area is 141 Å². The maximum Gasteiger partial charge on any atom is 0.316 e. The molecule has 122 valence electrons. The van der Waals surface area contributed by atoms with Crippen molar-refractivity contribution in [1.82, 2.24) is 4.98 Å². The number of aryl methyl sites for hydroxylation is 2. The fraction of sp³-hybridized carbons (Fsp3) is 0.474. The van der Waals surface area contributed by atoms with E-state index in [1.165, 1.54) is 36.6 Å². The number of nitrogens with zero attached hydrogens (tertiary/aromatic N) is 1. The molecule has 3 nitrogen and oxygen atoms in total. The van der Waals surface area contributed by atoms with Crippen molar-refractivity contribution in [2.24, 2.45) is 0 Å². The second-order valence-electron chi connectivity index (χ2n) is 6.35. The first-order valence-electron chi connectivity index (χ1n) is 8.32. The first kappa shape index (κ1) is 16.3. The highest BCUT2D eigenvalue weighted by Gasteiger charge is 2.18. The van der Waals surface area contributed by atoms with Gasteiger partial charge in [0.05, 0.1) is 11.3 Å². The molecule has 0 aliphatic heterocycles. The van der Waals surface area contributed by atoms with E-state index in [2.05, 4.69) is 30.1 Å². The molecule has 0 amide bonds. The summed E-state index contributed by atoms with van der Waals surface area (Å²) < 4.78 is 5.57. The number of ether oxygens (including phenoxy) is 1. The summed E-state index contributed by atoms with van der Waals surface area (Å²) in [6.07, 6.45) is 5.78. The van der Waals surface area contributed by atoms with Gasteiger partial charge in [-0.15, -0.1) is 0 Å². The van der Waals surface area contributed by atoms with E-state index in [1.807, 2.05) is 13.0 Å². The summed E-state index contributed by atoms with van der Waals surface area (Å²) in [7, 11) is 0. The molecule has 0 N–H and O–H groups in total. The van der Waals surface area contributed by atoms with Gasteiger partial charge in [0.2, 0.25) is 0 Å². The lowest BCUT2D eigenvalue weighted by Crippen LogP contribution is -2.21. The summed E-state index contributed by atoms with van der Waals surface area (Å²) in [5, 5.41) is 2.07. The summed E-state index contributed by atoms with van der Waals surface area (Å²) in [5.74, 6) is 0.217. The fourth-order valence-electron chi connectivity index (χ4n) is 3.06. The molecule has 1 aromatic carbocycles. The topological polar surface area (TPSA) is 39.2 Å². The quantitative estimate of drug-likeness (QED) is 0.595.